The molecule has 0 spiro atoms. The van der Waals surface area contributed by atoms with Crippen LogP contribution in [0, 0.1) is 0 Å². The van der Waals surface area contributed by atoms with Gasteiger partial charge < -0.3 is 10.1 Å². The van der Waals surface area contributed by atoms with Crippen molar-refractivity contribution in [3.63, 3.8) is 0 Å². The first kappa shape index (κ1) is 15.6. The second-order valence-corrected chi connectivity index (χ2v) is 5.31. The van der Waals surface area contributed by atoms with E-state index in [4.69, 9.17) is 16.3 Å². The van der Waals surface area contributed by atoms with E-state index in [0.29, 0.717) is 5.69 Å². The highest BCUT2D eigenvalue weighted by atomic mass is 35.5. The fourth-order valence-corrected chi connectivity index (χ4v) is 2.41. The number of imide groups is 1. The highest BCUT2D eigenvalue weighted by Crippen LogP contribution is 2.25. The molecule has 0 heterocycles. The maximum atomic E-state index is 11.5. The molecule has 2 N–H and O–H groups in total. The van der Waals surface area contributed by atoms with Crippen LogP contribution in [0.1, 0.15) is 32.1 Å². The maximum Gasteiger partial charge on any atom is 0.325 e. The SMILES string of the molecule is O=C(CCl)NC(=O)Nc1cccc(OC2CCCCC2)c1. The molecule has 0 aliphatic heterocycles. The maximum absolute atomic E-state index is 11.5. The number of ether oxygens (including phenoxy) is 1. The van der Waals surface area contributed by atoms with E-state index in [1.165, 1.54) is 19.3 Å². The monoisotopic (exact) mass is 310 g/mol. The number of rotatable bonds is 4. The van der Waals surface area contributed by atoms with Crippen LogP contribution in [0.25, 0.3) is 0 Å². The van der Waals surface area contributed by atoms with Gasteiger partial charge in [-0.3, -0.25) is 10.1 Å². The Hall–Kier alpha value is -1.75. The molecule has 114 valence electrons. The summed E-state index contributed by atoms with van der Waals surface area (Å²) in [5.74, 6) is -0.0646. The Bertz CT molecular complexity index is 501. The van der Waals surface area contributed by atoms with Crippen LogP contribution in [0.4, 0.5) is 10.5 Å². The normalized spacial score (nSPS) is 15.3. The lowest BCUT2D eigenvalue weighted by Crippen LogP contribution is -2.35. The van der Waals surface area contributed by atoms with Gasteiger partial charge >= 0.3 is 6.03 Å². The fraction of sp³-hybridized carbons (Fsp3) is 0.467. The van der Waals surface area contributed by atoms with Gasteiger partial charge in [0.05, 0.1) is 6.10 Å². The summed E-state index contributed by atoms with van der Waals surface area (Å²) in [5, 5.41) is 4.69. The minimum Gasteiger partial charge on any atom is -0.490 e. The van der Waals surface area contributed by atoms with E-state index in [1.54, 1.807) is 18.2 Å². The molecule has 1 aromatic rings. The molecule has 0 atom stereocenters. The van der Waals surface area contributed by atoms with Gasteiger partial charge in [0.15, 0.2) is 0 Å². The molecule has 2 rings (SSSR count). The molecule has 3 amide bonds. The zero-order valence-corrected chi connectivity index (χ0v) is 12.5. The first-order valence-electron chi connectivity index (χ1n) is 7.11. The third-order valence-electron chi connectivity index (χ3n) is 3.32. The Labute approximate surface area is 129 Å². The van der Waals surface area contributed by atoms with Crippen molar-refractivity contribution in [3.8, 4) is 5.75 Å². The smallest absolute Gasteiger partial charge is 0.325 e. The lowest BCUT2D eigenvalue weighted by Gasteiger charge is -2.23. The summed E-state index contributed by atoms with van der Waals surface area (Å²) in [6.45, 7) is 0. The summed E-state index contributed by atoms with van der Waals surface area (Å²) < 4.78 is 5.92. The molecule has 1 aliphatic rings. The molecule has 21 heavy (non-hydrogen) atoms. The van der Waals surface area contributed by atoms with Gasteiger partial charge in [-0.1, -0.05) is 12.5 Å². The molecule has 6 heteroatoms. The second kappa shape index (κ2) is 7.88. The van der Waals surface area contributed by atoms with Crippen molar-refractivity contribution < 1.29 is 14.3 Å². The number of carbonyl (C=O) groups is 2. The summed E-state index contributed by atoms with van der Waals surface area (Å²) in [6.07, 6.45) is 6.07. The van der Waals surface area contributed by atoms with E-state index in [2.05, 4.69) is 10.6 Å². The number of amides is 3. The predicted molar refractivity (Wildman–Crippen MR) is 81.8 cm³/mol. The summed E-state index contributed by atoms with van der Waals surface area (Å²) in [6, 6.07) is 6.55. The summed E-state index contributed by atoms with van der Waals surface area (Å²) in [7, 11) is 0. The molecule has 1 saturated carbocycles. The van der Waals surface area contributed by atoms with Gasteiger partial charge in [0.1, 0.15) is 11.6 Å². The highest BCUT2D eigenvalue weighted by Gasteiger charge is 2.15. The van der Waals surface area contributed by atoms with Crippen LogP contribution in [0.2, 0.25) is 0 Å². The van der Waals surface area contributed by atoms with Gasteiger partial charge in [0.2, 0.25) is 5.91 Å². The third-order valence-corrected chi connectivity index (χ3v) is 3.56. The van der Waals surface area contributed by atoms with Crippen LogP contribution in [-0.4, -0.2) is 23.9 Å². The van der Waals surface area contributed by atoms with Gasteiger partial charge in [-0.05, 0) is 37.8 Å². The first-order valence-corrected chi connectivity index (χ1v) is 7.64. The number of benzene rings is 1. The molecule has 1 aromatic carbocycles. The van der Waals surface area contributed by atoms with Crippen molar-refractivity contribution in [2.24, 2.45) is 0 Å². The topological polar surface area (TPSA) is 67.4 Å². The summed E-state index contributed by atoms with van der Waals surface area (Å²) >= 11 is 5.32. The quantitative estimate of drug-likeness (QED) is 0.839. The number of halogens is 1. The van der Waals surface area contributed by atoms with E-state index in [9.17, 15) is 9.59 Å². The minimum atomic E-state index is -0.601. The number of hydrogen-bond acceptors (Lipinski definition) is 3. The van der Waals surface area contributed by atoms with Crippen LogP contribution in [0.5, 0.6) is 5.75 Å². The van der Waals surface area contributed by atoms with Gasteiger partial charge in [-0.25, -0.2) is 4.79 Å². The molecule has 0 unspecified atom stereocenters. The van der Waals surface area contributed by atoms with E-state index >= 15 is 0 Å². The van der Waals surface area contributed by atoms with Crippen molar-refractivity contribution in [1.29, 1.82) is 0 Å². The first-order chi connectivity index (χ1) is 10.2. The molecular weight excluding hydrogens is 292 g/mol. The van der Waals surface area contributed by atoms with Gasteiger partial charge in [-0.15, -0.1) is 11.6 Å². The Balaban J connectivity index is 1.90. The van der Waals surface area contributed by atoms with E-state index in [-0.39, 0.29) is 12.0 Å². The molecule has 0 radical (unpaired) electrons. The lowest BCUT2D eigenvalue weighted by atomic mass is 9.98. The van der Waals surface area contributed by atoms with E-state index in [1.807, 2.05) is 6.07 Å². The van der Waals surface area contributed by atoms with Gasteiger partial charge in [-0.2, -0.15) is 0 Å². The predicted octanol–water partition coefficient (Wildman–Crippen LogP) is 3.29. The second-order valence-electron chi connectivity index (χ2n) is 5.04. The molecule has 0 bridgehead atoms. The molecule has 5 nitrogen and oxygen atoms in total. The van der Waals surface area contributed by atoms with Crippen LogP contribution < -0.4 is 15.4 Å². The molecule has 0 saturated heterocycles. The number of alkyl halides is 1. The Morgan fingerprint density at radius 3 is 2.71 bits per heavy atom. The van der Waals surface area contributed by atoms with Gasteiger partial charge in [0, 0.05) is 11.8 Å². The molecule has 1 fully saturated rings. The van der Waals surface area contributed by atoms with Crippen LogP contribution in [0.3, 0.4) is 0 Å². The number of anilines is 1. The Kier molecular flexibility index (Phi) is 5.87. The van der Waals surface area contributed by atoms with E-state index in [0.717, 1.165) is 18.6 Å². The largest absolute Gasteiger partial charge is 0.490 e. The summed E-state index contributed by atoms with van der Waals surface area (Å²) in [5.41, 5.74) is 0.572. The standard InChI is InChI=1S/C15H19ClN2O3/c16-10-14(19)18-15(20)17-11-5-4-8-13(9-11)21-12-6-2-1-3-7-12/h4-5,8-9,12H,1-3,6-7,10H2,(H2,17,18,19,20). The van der Waals surface area contributed by atoms with Gasteiger partial charge in [0.25, 0.3) is 0 Å². The van der Waals surface area contributed by atoms with Crippen molar-refractivity contribution in [2.75, 3.05) is 11.2 Å². The van der Waals surface area contributed by atoms with Crippen LogP contribution in [-0.2, 0) is 4.79 Å². The Morgan fingerprint density at radius 1 is 1.24 bits per heavy atom. The number of urea groups is 1. The highest BCUT2D eigenvalue weighted by molar-refractivity contribution is 6.28. The van der Waals surface area contributed by atoms with Crippen LogP contribution >= 0.6 is 11.6 Å². The van der Waals surface area contributed by atoms with Crippen LogP contribution in [0.15, 0.2) is 24.3 Å². The minimum absolute atomic E-state index is 0.251. The number of hydrogen-bond donors (Lipinski definition) is 2. The zero-order chi connectivity index (χ0) is 15.1. The van der Waals surface area contributed by atoms with Crippen molar-refractivity contribution in [3.05, 3.63) is 24.3 Å². The summed E-state index contributed by atoms with van der Waals surface area (Å²) in [4.78, 5) is 22.6. The van der Waals surface area contributed by atoms with Crippen molar-refractivity contribution >= 4 is 29.2 Å². The molecule has 0 aromatic heterocycles. The lowest BCUT2D eigenvalue weighted by molar-refractivity contribution is -0.117. The van der Waals surface area contributed by atoms with Crippen molar-refractivity contribution in [2.45, 2.75) is 38.2 Å². The fourth-order valence-electron chi connectivity index (χ4n) is 2.34. The average Bonchev–Trinajstić information content (AvgIpc) is 2.48. The number of nitrogens with one attached hydrogen (secondary N) is 2. The number of carbonyl (C=O) groups excluding carboxylic acids is 2. The third kappa shape index (κ3) is 5.27. The average molecular weight is 311 g/mol. The Morgan fingerprint density at radius 2 is 2.00 bits per heavy atom. The molecule has 1 aliphatic carbocycles. The molecular formula is C15H19ClN2O3. The van der Waals surface area contributed by atoms with Crippen molar-refractivity contribution in [1.82, 2.24) is 5.32 Å². The van der Waals surface area contributed by atoms with E-state index < -0.39 is 11.9 Å². The zero-order valence-electron chi connectivity index (χ0n) is 11.7.